The maximum absolute atomic E-state index is 13.2. The van der Waals surface area contributed by atoms with E-state index in [0.717, 1.165) is 0 Å². The quantitative estimate of drug-likeness (QED) is 0.746. The molecule has 0 atom stereocenters. The van der Waals surface area contributed by atoms with Gasteiger partial charge in [-0.25, -0.2) is 4.39 Å². The average molecular weight is 307 g/mol. The zero-order valence-electron chi connectivity index (χ0n) is 12.2. The molecule has 0 saturated carbocycles. The van der Waals surface area contributed by atoms with Gasteiger partial charge in [0.2, 0.25) is 0 Å². The van der Waals surface area contributed by atoms with Gasteiger partial charge in [0.05, 0.1) is 5.56 Å². The number of ether oxygens (including phenoxy) is 1. The van der Waals surface area contributed by atoms with Crippen LogP contribution in [-0.4, -0.2) is 5.91 Å². The molecule has 0 aromatic heterocycles. The molecule has 0 aliphatic rings. The number of amides is 1. The first kappa shape index (κ1) is 14.8. The molecule has 3 aromatic carbocycles. The Kier molecular flexibility index (Phi) is 4.34. The van der Waals surface area contributed by atoms with E-state index in [2.05, 4.69) is 5.32 Å². The summed E-state index contributed by atoms with van der Waals surface area (Å²) < 4.78 is 19.0. The molecular weight excluding hydrogens is 293 g/mol. The Morgan fingerprint density at radius 2 is 1.61 bits per heavy atom. The van der Waals surface area contributed by atoms with Crippen molar-refractivity contribution in [3.05, 3.63) is 90.2 Å². The van der Waals surface area contributed by atoms with Crippen molar-refractivity contribution in [2.75, 3.05) is 5.32 Å². The lowest BCUT2D eigenvalue weighted by atomic mass is 10.1. The van der Waals surface area contributed by atoms with Crippen LogP contribution in [0.1, 0.15) is 10.4 Å². The molecule has 3 nitrogen and oxygen atoms in total. The Bertz CT molecular complexity index is 818. The van der Waals surface area contributed by atoms with Crippen LogP contribution in [0, 0.1) is 5.82 Å². The lowest BCUT2D eigenvalue weighted by molar-refractivity contribution is 0.102. The molecule has 4 heteroatoms. The second-order valence-electron chi connectivity index (χ2n) is 4.88. The Balaban J connectivity index is 1.83. The maximum atomic E-state index is 13.2. The summed E-state index contributed by atoms with van der Waals surface area (Å²) in [6, 6.07) is 21.9. The summed E-state index contributed by atoms with van der Waals surface area (Å²) in [5, 5.41) is 2.67. The van der Waals surface area contributed by atoms with Crippen molar-refractivity contribution in [2.24, 2.45) is 0 Å². The Morgan fingerprint density at radius 1 is 0.870 bits per heavy atom. The number of hydrogen-bond acceptors (Lipinski definition) is 2. The van der Waals surface area contributed by atoms with E-state index in [0.29, 0.717) is 22.7 Å². The average Bonchev–Trinajstić information content (AvgIpc) is 2.56. The molecule has 1 amide bonds. The monoisotopic (exact) mass is 307 g/mol. The molecule has 0 saturated heterocycles. The topological polar surface area (TPSA) is 38.3 Å². The van der Waals surface area contributed by atoms with E-state index >= 15 is 0 Å². The minimum Gasteiger partial charge on any atom is -0.457 e. The van der Waals surface area contributed by atoms with E-state index in [1.54, 1.807) is 42.5 Å². The van der Waals surface area contributed by atoms with E-state index in [1.165, 1.54) is 18.2 Å². The highest BCUT2D eigenvalue weighted by Crippen LogP contribution is 2.25. The fraction of sp³-hybridized carbons (Fsp3) is 0. The third-order valence-electron chi connectivity index (χ3n) is 3.19. The van der Waals surface area contributed by atoms with Gasteiger partial charge in [-0.05, 0) is 42.5 Å². The van der Waals surface area contributed by atoms with Crippen molar-refractivity contribution in [1.82, 2.24) is 0 Å². The molecule has 0 spiro atoms. The number of rotatable bonds is 4. The summed E-state index contributed by atoms with van der Waals surface area (Å²) in [7, 11) is 0. The molecule has 23 heavy (non-hydrogen) atoms. The normalized spacial score (nSPS) is 10.1. The molecule has 0 bridgehead atoms. The first-order valence-corrected chi connectivity index (χ1v) is 7.11. The largest absolute Gasteiger partial charge is 0.457 e. The third kappa shape index (κ3) is 3.74. The van der Waals surface area contributed by atoms with Gasteiger partial charge in [0, 0.05) is 5.69 Å². The number of nitrogens with one attached hydrogen (secondary N) is 1. The Labute approximate surface area is 133 Å². The molecule has 1 N–H and O–H groups in total. The number of para-hydroxylation sites is 2. The molecule has 0 unspecified atom stereocenters. The van der Waals surface area contributed by atoms with Gasteiger partial charge in [0.15, 0.2) is 0 Å². The van der Waals surface area contributed by atoms with Crippen molar-refractivity contribution < 1.29 is 13.9 Å². The van der Waals surface area contributed by atoms with Crippen LogP contribution < -0.4 is 10.1 Å². The van der Waals surface area contributed by atoms with Crippen LogP contribution in [0.2, 0.25) is 0 Å². The highest BCUT2D eigenvalue weighted by atomic mass is 19.1. The smallest absolute Gasteiger partial charge is 0.259 e. The zero-order valence-corrected chi connectivity index (χ0v) is 12.2. The van der Waals surface area contributed by atoms with Crippen LogP contribution >= 0.6 is 0 Å². The third-order valence-corrected chi connectivity index (χ3v) is 3.19. The van der Waals surface area contributed by atoms with Gasteiger partial charge < -0.3 is 10.1 Å². The van der Waals surface area contributed by atoms with E-state index in [-0.39, 0.29) is 5.91 Å². The van der Waals surface area contributed by atoms with Crippen LogP contribution in [0.25, 0.3) is 0 Å². The van der Waals surface area contributed by atoms with Crippen molar-refractivity contribution in [1.29, 1.82) is 0 Å². The molecule has 0 radical (unpaired) electrons. The predicted octanol–water partition coefficient (Wildman–Crippen LogP) is 4.87. The second-order valence-corrected chi connectivity index (χ2v) is 4.88. The highest BCUT2D eigenvalue weighted by Gasteiger charge is 2.13. The summed E-state index contributed by atoms with van der Waals surface area (Å²) in [5.74, 6) is 0.310. The number of halogens is 1. The Hall–Kier alpha value is -3.14. The van der Waals surface area contributed by atoms with Crippen molar-refractivity contribution in [2.45, 2.75) is 0 Å². The lowest BCUT2D eigenvalue weighted by Gasteiger charge is -2.11. The number of carbonyl (C=O) groups is 1. The molecule has 3 aromatic rings. The summed E-state index contributed by atoms with van der Waals surface area (Å²) in [6.45, 7) is 0. The lowest BCUT2D eigenvalue weighted by Crippen LogP contribution is -2.13. The van der Waals surface area contributed by atoms with Crippen LogP contribution in [0.3, 0.4) is 0 Å². The SMILES string of the molecule is O=C(Nc1cccc(F)c1)c1ccccc1Oc1ccccc1. The fourth-order valence-corrected chi connectivity index (χ4v) is 2.12. The van der Waals surface area contributed by atoms with Gasteiger partial charge in [-0.3, -0.25) is 4.79 Å². The fourth-order valence-electron chi connectivity index (χ4n) is 2.12. The van der Waals surface area contributed by atoms with Gasteiger partial charge in [-0.15, -0.1) is 0 Å². The number of carbonyl (C=O) groups excluding carboxylic acids is 1. The van der Waals surface area contributed by atoms with Crippen molar-refractivity contribution in [3.8, 4) is 11.5 Å². The standard InChI is InChI=1S/C19H14FNO2/c20-14-7-6-8-15(13-14)21-19(22)17-11-4-5-12-18(17)23-16-9-2-1-3-10-16/h1-13H,(H,21,22). The maximum Gasteiger partial charge on any atom is 0.259 e. The van der Waals surface area contributed by atoms with E-state index in [1.807, 2.05) is 18.2 Å². The molecule has 0 heterocycles. The summed E-state index contributed by atoms with van der Waals surface area (Å²) in [4.78, 5) is 12.4. The number of hydrogen-bond donors (Lipinski definition) is 1. The summed E-state index contributed by atoms with van der Waals surface area (Å²) in [6.07, 6.45) is 0. The molecule has 0 aliphatic heterocycles. The van der Waals surface area contributed by atoms with E-state index < -0.39 is 5.82 Å². The van der Waals surface area contributed by atoms with Gasteiger partial charge in [0.25, 0.3) is 5.91 Å². The molecule has 3 rings (SSSR count). The van der Waals surface area contributed by atoms with Gasteiger partial charge in [-0.1, -0.05) is 36.4 Å². The first-order chi connectivity index (χ1) is 11.2. The minimum atomic E-state index is -0.406. The zero-order chi connectivity index (χ0) is 16.1. The molecule has 0 fully saturated rings. The van der Waals surface area contributed by atoms with Crippen LogP contribution in [0.5, 0.6) is 11.5 Å². The molecular formula is C19H14FNO2. The highest BCUT2D eigenvalue weighted by molar-refractivity contribution is 6.06. The summed E-state index contributed by atoms with van der Waals surface area (Å²) >= 11 is 0. The number of anilines is 1. The predicted molar refractivity (Wildman–Crippen MR) is 87.3 cm³/mol. The molecule has 114 valence electrons. The first-order valence-electron chi connectivity index (χ1n) is 7.11. The van der Waals surface area contributed by atoms with Crippen LogP contribution in [0.4, 0.5) is 10.1 Å². The Morgan fingerprint density at radius 3 is 2.39 bits per heavy atom. The van der Waals surface area contributed by atoms with E-state index in [4.69, 9.17) is 4.74 Å². The van der Waals surface area contributed by atoms with Crippen molar-refractivity contribution >= 4 is 11.6 Å². The minimum absolute atomic E-state index is 0.359. The summed E-state index contributed by atoms with van der Waals surface area (Å²) in [5.41, 5.74) is 0.769. The van der Waals surface area contributed by atoms with E-state index in [9.17, 15) is 9.18 Å². The van der Waals surface area contributed by atoms with Gasteiger partial charge >= 0.3 is 0 Å². The van der Waals surface area contributed by atoms with Crippen molar-refractivity contribution in [3.63, 3.8) is 0 Å². The van der Waals surface area contributed by atoms with Crippen LogP contribution in [-0.2, 0) is 0 Å². The van der Waals surface area contributed by atoms with Crippen LogP contribution in [0.15, 0.2) is 78.9 Å². The molecule has 0 aliphatic carbocycles. The van der Waals surface area contributed by atoms with Gasteiger partial charge in [0.1, 0.15) is 17.3 Å². The second kappa shape index (κ2) is 6.75. The number of benzene rings is 3. The van der Waals surface area contributed by atoms with Gasteiger partial charge in [-0.2, -0.15) is 0 Å².